The second-order valence-electron chi connectivity index (χ2n) is 5.90. The predicted molar refractivity (Wildman–Crippen MR) is 92.4 cm³/mol. The van der Waals surface area contributed by atoms with Gasteiger partial charge in [-0.1, -0.05) is 48.5 Å². The van der Waals surface area contributed by atoms with Gasteiger partial charge in [0.25, 0.3) is 5.91 Å². The molecular weight excluding hydrogens is 343 g/mol. The number of hydrogen-bond donors (Lipinski definition) is 3. The number of amides is 1. The Morgan fingerprint density at radius 3 is 2.46 bits per heavy atom. The molecule has 0 spiro atoms. The molecule has 0 aliphatic heterocycles. The van der Waals surface area contributed by atoms with Crippen LogP contribution in [0.5, 0.6) is 0 Å². The molecule has 0 saturated carbocycles. The minimum Gasteiger partial charge on any atom is -0.464 e. The first-order valence-corrected chi connectivity index (χ1v) is 7.95. The van der Waals surface area contributed by atoms with Crippen LogP contribution < -0.4 is 5.32 Å². The Kier molecular flexibility index (Phi) is 5.06. The normalized spacial score (nSPS) is 12.8. The number of furan rings is 1. The summed E-state index contributed by atoms with van der Waals surface area (Å²) in [5.74, 6) is -6.72. The van der Waals surface area contributed by atoms with Gasteiger partial charge in [0.15, 0.2) is 0 Å². The highest BCUT2D eigenvalue weighted by molar-refractivity contribution is 6.43. The fraction of sp³-hybridized carbons (Fsp3) is 0.167. The number of carbonyl (C=O) groups is 1. The van der Waals surface area contributed by atoms with Crippen LogP contribution in [0.1, 0.15) is 11.1 Å². The van der Waals surface area contributed by atoms with Crippen LogP contribution in [0, 0.1) is 0 Å². The van der Waals surface area contributed by atoms with Gasteiger partial charge in [0, 0.05) is 10.9 Å². The molecule has 1 aromatic heterocycles. The zero-order valence-electron chi connectivity index (χ0n) is 13.6. The van der Waals surface area contributed by atoms with E-state index < -0.39 is 30.5 Å². The lowest BCUT2D eigenvalue weighted by Gasteiger charge is -2.22. The number of alkyl halides is 2. The summed E-state index contributed by atoms with van der Waals surface area (Å²) in [6.07, 6.45) is 1.33. The summed E-state index contributed by atoms with van der Waals surface area (Å²) < 4.78 is 34.0. The van der Waals surface area contributed by atoms with Crippen LogP contribution in [-0.4, -0.2) is 29.0 Å². The van der Waals surface area contributed by atoms with Gasteiger partial charge in [-0.3, -0.25) is 4.79 Å². The van der Waals surface area contributed by atoms with Gasteiger partial charge in [-0.25, -0.2) is 0 Å². The summed E-state index contributed by atoms with van der Waals surface area (Å²) in [5.41, 5.74) is 0.675. The van der Waals surface area contributed by atoms with Crippen molar-refractivity contribution >= 4 is 24.0 Å². The predicted octanol–water partition coefficient (Wildman–Crippen LogP) is 2.26. The van der Waals surface area contributed by atoms with Crippen molar-refractivity contribution in [3.63, 3.8) is 0 Å². The Labute approximate surface area is 148 Å². The van der Waals surface area contributed by atoms with Crippen molar-refractivity contribution in [1.29, 1.82) is 0 Å². The second kappa shape index (κ2) is 7.27. The summed E-state index contributed by atoms with van der Waals surface area (Å²) in [4.78, 5) is 12.1. The molecule has 26 heavy (non-hydrogen) atoms. The molecule has 0 aliphatic rings. The number of benzene rings is 2. The van der Waals surface area contributed by atoms with Gasteiger partial charge in [-0.15, -0.1) is 0 Å². The number of fused-ring (bicyclic) bond motifs is 1. The first-order valence-electron chi connectivity index (χ1n) is 7.95. The maximum Gasteiger partial charge on any atom is 0.475 e. The molecule has 2 aromatic carbocycles. The zero-order chi connectivity index (χ0) is 18.7. The number of rotatable bonds is 6. The van der Waals surface area contributed by atoms with Gasteiger partial charge in [-0.2, -0.15) is 8.78 Å². The highest BCUT2D eigenvalue weighted by Crippen LogP contribution is 2.28. The molecule has 1 atom stereocenters. The third kappa shape index (κ3) is 3.61. The Morgan fingerprint density at radius 2 is 1.77 bits per heavy atom. The standard InChI is InChI=1S/C18H16BF2NO4/c20-18(21,13-6-2-1-3-7-13)17(23)22-16(19(24)25)10-12-11-26-15-9-5-4-8-14(12)15/h1-9,11,16,24-25H,10H2,(H,22,23)/t16-/m0/s1. The van der Waals surface area contributed by atoms with Crippen LogP contribution in [0.2, 0.25) is 0 Å². The summed E-state index contributed by atoms with van der Waals surface area (Å²) in [5, 5.41) is 21.8. The quantitative estimate of drug-likeness (QED) is 0.590. The van der Waals surface area contributed by atoms with E-state index in [4.69, 9.17) is 4.42 Å². The SMILES string of the molecule is O=C(N[C@@H](Cc1coc2ccccc12)B(O)O)C(F)(F)c1ccccc1. The molecule has 0 unspecified atom stereocenters. The Hall–Kier alpha value is -2.71. The molecule has 0 aliphatic carbocycles. The Bertz CT molecular complexity index is 898. The first kappa shape index (κ1) is 18.1. The van der Waals surface area contributed by atoms with E-state index in [0.29, 0.717) is 16.5 Å². The first-order chi connectivity index (χ1) is 12.4. The Morgan fingerprint density at radius 1 is 1.12 bits per heavy atom. The largest absolute Gasteiger partial charge is 0.475 e. The van der Waals surface area contributed by atoms with E-state index in [1.54, 1.807) is 30.3 Å². The summed E-state index contributed by atoms with van der Waals surface area (Å²) in [6, 6.07) is 13.6. The molecular formula is C18H16BF2NO4. The fourth-order valence-corrected chi connectivity index (χ4v) is 2.70. The van der Waals surface area contributed by atoms with Gasteiger partial charge in [0.05, 0.1) is 12.2 Å². The van der Waals surface area contributed by atoms with Crippen molar-refractivity contribution in [3.05, 3.63) is 72.0 Å². The summed E-state index contributed by atoms with van der Waals surface area (Å²) in [6.45, 7) is 0. The summed E-state index contributed by atoms with van der Waals surface area (Å²) in [7, 11) is -2.01. The molecule has 3 rings (SSSR count). The van der Waals surface area contributed by atoms with E-state index in [2.05, 4.69) is 0 Å². The molecule has 5 nitrogen and oxygen atoms in total. The van der Waals surface area contributed by atoms with Gasteiger partial charge in [0.1, 0.15) is 5.58 Å². The van der Waals surface area contributed by atoms with Crippen molar-refractivity contribution in [1.82, 2.24) is 5.32 Å². The average molecular weight is 359 g/mol. The van der Waals surface area contributed by atoms with Crippen molar-refractivity contribution in [3.8, 4) is 0 Å². The van der Waals surface area contributed by atoms with Crippen molar-refractivity contribution < 1.29 is 28.0 Å². The smallest absolute Gasteiger partial charge is 0.464 e. The number of halogens is 2. The van der Waals surface area contributed by atoms with E-state index in [1.165, 1.54) is 18.4 Å². The van der Waals surface area contributed by atoms with Crippen LogP contribution >= 0.6 is 0 Å². The van der Waals surface area contributed by atoms with Crippen molar-refractivity contribution in [2.75, 3.05) is 0 Å². The van der Waals surface area contributed by atoms with Gasteiger partial charge in [-0.05, 0) is 18.1 Å². The van der Waals surface area contributed by atoms with E-state index in [-0.39, 0.29) is 6.42 Å². The number of hydrogen-bond acceptors (Lipinski definition) is 4. The van der Waals surface area contributed by atoms with E-state index in [1.807, 2.05) is 5.32 Å². The minimum absolute atomic E-state index is 0.0781. The van der Waals surface area contributed by atoms with Crippen LogP contribution in [0.4, 0.5) is 8.78 Å². The Balaban J connectivity index is 1.79. The van der Waals surface area contributed by atoms with Gasteiger partial charge >= 0.3 is 13.0 Å². The van der Waals surface area contributed by atoms with Gasteiger partial charge < -0.3 is 19.8 Å². The molecule has 3 aromatic rings. The molecule has 0 fully saturated rings. The molecule has 0 bridgehead atoms. The van der Waals surface area contributed by atoms with Crippen LogP contribution in [-0.2, 0) is 17.1 Å². The lowest BCUT2D eigenvalue weighted by Crippen LogP contribution is -2.52. The number of nitrogens with one attached hydrogen (secondary N) is 1. The molecule has 1 heterocycles. The van der Waals surface area contributed by atoms with Crippen molar-refractivity contribution in [2.45, 2.75) is 18.3 Å². The van der Waals surface area contributed by atoms with Gasteiger partial charge in [0.2, 0.25) is 0 Å². The molecule has 0 radical (unpaired) electrons. The van der Waals surface area contributed by atoms with E-state index in [9.17, 15) is 23.6 Å². The maximum atomic E-state index is 14.3. The third-order valence-electron chi connectivity index (χ3n) is 4.10. The molecule has 3 N–H and O–H groups in total. The van der Waals surface area contributed by atoms with E-state index >= 15 is 0 Å². The van der Waals surface area contributed by atoms with E-state index in [0.717, 1.165) is 12.1 Å². The zero-order valence-corrected chi connectivity index (χ0v) is 13.6. The molecule has 1 amide bonds. The number of para-hydroxylation sites is 1. The second-order valence-corrected chi connectivity index (χ2v) is 5.90. The molecule has 0 saturated heterocycles. The fourth-order valence-electron chi connectivity index (χ4n) is 2.70. The van der Waals surface area contributed by atoms with Crippen LogP contribution in [0.25, 0.3) is 11.0 Å². The highest BCUT2D eigenvalue weighted by Gasteiger charge is 2.43. The lowest BCUT2D eigenvalue weighted by atomic mass is 9.75. The number of carbonyl (C=O) groups excluding carboxylic acids is 1. The van der Waals surface area contributed by atoms with Crippen LogP contribution in [0.3, 0.4) is 0 Å². The lowest BCUT2D eigenvalue weighted by molar-refractivity contribution is -0.147. The highest BCUT2D eigenvalue weighted by atomic mass is 19.3. The average Bonchev–Trinajstić information content (AvgIpc) is 3.04. The van der Waals surface area contributed by atoms with Crippen molar-refractivity contribution in [2.24, 2.45) is 0 Å². The molecule has 8 heteroatoms. The maximum absolute atomic E-state index is 14.3. The monoisotopic (exact) mass is 359 g/mol. The topological polar surface area (TPSA) is 82.7 Å². The third-order valence-corrected chi connectivity index (χ3v) is 4.10. The van der Waals surface area contributed by atoms with Crippen LogP contribution in [0.15, 0.2) is 65.3 Å². The minimum atomic E-state index is -3.80. The summed E-state index contributed by atoms with van der Waals surface area (Å²) >= 11 is 0. The molecule has 134 valence electrons.